The number of aromatic nitrogens is 4. The van der Waals surface area contributed by atoms with Crippen LogP contribution in [-0.4, -0.2) is 31.2 Å². The monoisotopic (exact) mass is 460 g/mol. The molecule has 1 unspecified atom stereocenters. The van der Waals surface area contributed by atoms with E-state index >= 15 is 0 Å². The first-order valence-corrected chi connectivity index (χ1v) is 10.7. The SMILES string of the molecule is CC(Nc1cc(=O)n(CCO)c2ccc(Cc3ccnc(Cl)c3C#N)cc12)c1ncccn1. The maximum atomic E-state index is 12.8. The second kappa shape index (κ2) is 9.77. The van der Waals surface area contributed by atoms with Crippen molar-refractivity contribution in [1.29, 1.82) is 5.26 Å². The van der Waals surface area contributed by atoms with Gasteiger partial charge in [0.15, 0.2) is 0 Å². The first kappa shape index (κ1) is 22.4. The van der Waals surface area contributed by atoms with Crippen molar-refractivity contribution < 1.29 is 5.11 Å². The Morgan fingerprint density at radius 2 is 1.97 bits per heavy atom. The summed E-state index contributed by atoms with van der Waals surface area (Å²) in [7, 11) is 0. The number of aliphatic hydroxyl groups excluding tert-OH is 1. The molecule has 3 aromatic heterocycles. The van der Waals surface area contributed by atoms with Gasteiger partial charge < -0.3 is 15.0 Å². The number of rotatable bonds is 7. The van der Waals surface area contributed by atoms with Crippen molar-refractivity contribution in [2.24, 2.45) is 0 Å². The number of hydrogen-bond acceptors (Lipinski definition) is 7. The van der Waals surface area contributed by atoms with Crippen molar-refractivity contribution >= 4 is 28.2 Å². The third kappa shape index (κ3) is 4.70. The fourth-order valence-electron chi connectivity index (χ4n) is 3.78. The number of nitrogens with one attached hydrogen (secondary N) is 1. The molecule has 0 saturated heterocycles. The predicted molar refractivity (Wildman–Crippen MR) is 126 cm³/mol. The molecular weight excluding hydrogens is 440 g/mol. The minimum absolute atomic E-state index is 0.154. The summed E-state index contributed by atoms with van der Waals surface area (Å²) in [5, 5.41) is 23.3. The van der Waals surface area contributed by atoms with Crippen molar-refractivity contribution in [2.45, 2.75) is 25.9 Å². The van der Waals surface area contributed by atoms with Gasteiger partial charge in [-0.2, -0.15) is 5.26 Å². The Morgan fingerprint density at radius 1 is 1.18 bits per heavy atom. The number of benzene rings is 1. The molecule has 0 fully saturated rings. The summed E-state index contributed by atoms with van der Waals surface area (Å²) < 4.78 is 1.54. The zero-order valence-electron chi connectivity index (χ0n) is 17.9. The summed E-state index contributed by atoms with van der Waals surface area (Å²) in [6, 6.07) is 12.6. The predicted octanol–water partition coefficient (Wildman–Crippen LogP) is 3.47. The molecule has 4 aromatic rings. The average molecular weight is 461 g/mol. The van der Waals surface area contributed by atoms with Gasteiger partial charge in [-0.3, -0.25) is 4.79 Å². The molecule has 1 aromatic carbocycles. The van der Waals surface area contributed by atoms with E-state index in [0.29, 0.717) is 29.0 Å². The summed E-state index contributed by atoms with van der Waals surface area (Å²) in [4.78, 5) is 25.3. The molecule has 1 atom stereocenters. The molecule has 0 saturated carbocycles. The zero-order chi connectivity index (χ0) is 23.4. The molecular formula is C24H21ClN6O2. The normalized spacial score (nSPS) is 11.8. The highest BCUT2D eigenvalue weighted by Crippen LogP contribution is 2.28. The van der Waals surface area contributed by atoms with Crippen LogP contribution in [0.15, 0.2) is 59.8 Å². The molecule has 0 bridgehead atoms. The van der Waals surface area contributed by atoms with E-state index < -0.39 is 0 Å². The van der Waals surface area contributed by atoms with Crippen LogP contribution >= 0.6 is 11.6 Å². The van der Waals surface area contributed by atoms with E-state index in [1.807, 2.05) is 25.1 Å². The van der Waals surface area contributed by atoms with Crippen LogP contribution in [0.5, 0.6) is 0 Å². The van der Waals surface area contributed by atoms with Crippen molar-refractivity contribution in [3.05, 3.63) is 93.0 Å². The van der Waals surface area contributed by atoms with Gasteiger partial charge in [0.05, 0.1) is 23.7 Å². The van der Waals surface area contributed by atoms with Gasteiger partial charge in [0.25, 0.3) is 5.56 Å². The number of fused-ring (bicyclic) bond motifs is 1. The van der Waals surface area contributed by atoms with E-state index in [0.717, 1.165) is 16.5 Å². The third-order valence-corrected chi connectivity index (χ3v) is 5.63. The lowest BCUT2D eigenvalue weighted by Gasteiger charge is -2.18. The van der Waals surface area contributed by atoms with Gasteiger partial charge >= 0.3 is 0 Å². The number of nitriles is 1. The highest BCUT2D eigenvalue weighted by atomic mass is 35.5. The summed E-state index contributed by atoms with van der Waals surface area (Å²) >= 11 is 6.09. The Morgan fingerprint density at radius 3 is 2.70 bits per heavy atom. The summed E-state index contributed by atoms with van der Waals surface area (Å²) in [6.45, 7) is 1.95. The number of aliphatic hydroxyl groups is 1. The minimum Gasteiger partial charge on any atom is -0.395 e. The maximum Gasteiger partial charge on any atom is 0.253 e. The molecule has 33 heavy (non-hydrogen) atoms. The van der Waals surface area contributed by atoms with Crippen LogP contribution in [0, 0.1) is 11.3 Å². The van der Waals surface area contributed by atoms with Gasteiger partial charge in [-0.15, -0.1) is 0 Å². The summed E-state index contributed by atoms with van der Waals surface area (Å²) in [6.07, 6.45) is 5.38. The van der Waals surface area contributed by atoms with Crippen LogP contribution in [0.3, 0.4) is 0 Å². The van der Waals surface area contributed by atoms with Crippen LogP contribution in [0.25, 0.3) is 10.9 Å². The Bertz CT molecular complexity index is 1400. The Balaban J connectivity index is 1.80. The van der Waals surface area contributed by atoms with E-state index in [9.17, 15) is 15.2 Å². The largest absolute Gasteiger partial charge is 0.395 e. The van der Waals surface area contributed by atoms with Gasteiger partial charge in [-0.25, -0.2) is 15.0 Å². The fraction of sp³-hybridized carbons (Fsp3) is 0.208. The standard InChI is InChI=1S/C24H21ClN6O2/c1-15(24-28-6-2-7-29-24)30-20-13-22(33)31(9-10-32)21-4-3-16(12-18(20)21)11-17-5-8-27-23(25)19(17)14-26/h2-8,12-13,15,30,32H,9-11H2,1H3. The smallest absolute Gasteiger partial charge is 0.253 e. The Kier molecular flexibility index (Phi) is 6.63. The van der Waals surface area contributed by atoms with Crippen LogP contribution < -0.4 is 10.9 Å². The third-order valence-electron chi connectivity index (χ3n) is 5.34. The number of hydrogen-bond donors (Lipinski definition) is 2. The molecule has 0 aliphatic heterocycles. The minimum atomic E-state index is -0.240. The Hall–Kier alpha value is -3.80. The van der Waals surface area contributed by atoms with Crippen molar-refractivity contribution in [1.82, 2.24) is 19.5 Å². The van der Waals surface area contributed by atoms with Gasteiger partial charge in [0.2, 0.25) is 0 Å². The molecule has 166 valence electrons. The molecule has 0 spiro atoms. The molecule has 0 amide bonds. The summed E-state index contributed by atoms with van der Waals surface area (Å²) in [5.74, 6) is 0.603. The first-order valence-electron chi connectivity index (χ1n) is 10.4. The molecule has 0 radical (unpaired) electrons. The van der Waals surface area contributed by atoms with Crippen LogP contribution in [0.2, 0.25) is 5.15 Å². The molecule has 8 nitrogen and oxygen atoms in total. The number of halogens is 1. The highest BCUT2D eigenvalue weighted by molar-refractivity contribution is 6.30. The van der Waals surface area contributed by atoms with Crippen molar-refractivity contribution in [3.8, 4) is 6.07 Å². The van der Waals surface area contributed by atoms with Crippen molar-refractivity contribution in [3.63, 3.8) is 0 Å². The Labute approximate surface area is 195 Å². The van der Waals surface area contributed by atoms with E-state index in [4.69, 9.17) is 11.6 Å². The highest BCUT2D eigenvalue weighted by Gasteiger charge is 2.15. The molecule has 0 aliphatic rings. The molecule has 9 heteroatoms. The number of nitrogens with zero attached hydrogens (tertiary/aromatic N) is 5. The second-order valence-corrected chi connectivity index (χ2v) is 7.88. The van der Waals surface area contributed by atoms with Crippen LogP contribution in [0.4, 0.5) is 5.69 Å². The molecule has 2 N–H and O–H groups in total. The quantitative estimate of drug-likeness (QED) is 0.405. The van der Waals surface area contributed by atoms with E-state index in [1.165, 1.54) is 10.6 Å². The van der Waals surface area contributed by atoms with E-state index in [2.05, 4.69) is 26.3 Å². The van der Waals surface area contributed by atoms with E-state index in [-0.39, 0.29) is 29.9 Å². The second-order valence-electron chi connectivity index (χ2n) is 7.52. The number of pyridine rings is 2. The topological polar surface area (TPSA) is 117 Å². The van der Waals surface area contributed by atoms with E-state index in [1.54, 1.807) is 30.7 Å². The number of anilines is 1. The zero-order valence-corrected chi connectivity index (χ0v) is 18.6. The van der Waals surface area contributed by atoms with Gasteiger partial charge in [0.1, 0.15) is 17.0 Å². The molecule has 3 heterocycles. The van der Waals surface area contributed by atoms with Gasteiger partial charge in [-0.1, -0.05) is 17.7 Å². The van der Waals surface area contributed by atoms with Gasteiger partial charge in [0, 0.05) is 42.3 Å². The molecule has 4 rings (SSSR count). The lowest BCUT2D eigenvalue weighted by molar-refractivity contribution is 0.276. The first-order chi connectivity index (χ1) is 16.0. The molecule has 0 aliphatic carbocycles. The fourth-order valence-corrected chi connectivity index (χ4v) is 4.00. The average Bonchev–Trinajstić information content (AvgIpc) is 2.82. The van der Waals surface area contributed by atoms with Crippen molar-refractivity contribution in [2.75, 3.05) is 11.9 Å². The van der Waals surface area contributed by atoms with Crippen LogP contribution in [0.1, 0.15) is 35.5 Å². The van der Waals surface area contributed by atoms with Crippen LogP contribution in [-0.2, 0) is 13.0 Å². The maximum absolute atomic E-state index is 12.8. The lowest BCUT2D eigenvalue weighted by Crippen LogP contribution is -2.23. The summed E-state index contributed by atoms with van der Waals surface area (Å²) in [5.41, 5.74) is 3.15. The van der Waals surface area contributed by atoms with Gasteiger partial charge in [-0.05, 0) is 48.7 Å². The lowest BCUT2D eigenvalue weighted by atomic mass is 10.00.